The van der Waals surface area contributed by atoms with E-state index in [2.05, 4.69) is 28.1 Å². The molecule has 0 unspecified atom stereocenters. The van der Waals surface area contributed by atoms with E-state index in [1.807, 2.05) is 53.5 Å². The monoisotopic (exact) mass is 498 g/mol. The molecule has 31 heavy (non-hydrogen) atoms. The Balaban J connectivity index is 1.60. The van der Waals surface area contributed by atoms with E-state index in [4.69, 9.17) is 30.9 Å². The Hall–Kier alpha value is -2.70. The molecule has 2 atom stereocenters. The van der Waals surface area contributed by atoms with Crippen molar-refractivity contribution in [2.45, 2.75) is 18.7 Å². The largest absolute Gasteiger partial charge is 0.493 e. The molecular weight excluding hydrogens is 480 g/mol. The topological polar surface area (TPSA) is 43.3 Å². The molecule has 158 valence electrons. The lowest BCUT2D eigenvalue weighted by Crippen LogP contribution is -2.33. The van der Waals surface area contributed by atoms with Crippen molar-refractivity contribution in [1.82, 2.24) is 5.01 Å². The highest BCUT2D eigenvalue weighted by Crippen LogP contribution is 2.49. The first kappa shape index (κ1) is 20.2. The fourth-order valence-corrected chi connectivity index (χ4v) is 4.55. The minimum Gasteiger partial charge on any atom is -0.493 e. The van der Waals surface area contributed by atoms with Crippen LogP contribution in [0.15, 0.2) is 70.2 Å². The van der Waals surface area contributed by atoms with Gasteiger partial charge < -0.3 is 14.2 Å². The molecule has 0 saturated heterocycles. The number of methoxy groups -OCH3 is 2. The molecule has 3 aromatic rings. The summed E-state index contributed by atoms with van der Waals surface area (Å²) < 4.78 is 18.4. The maximum Gasteiger partial charge on any atom is 0.214 e. The van der Waals surface area contributed by atoms with E-state index < -0.39 is 6.23 Å². The number of hydrogen-bond donors (Lipinski definition) is 0. The van der Waals surface area contributed by atoms with E-state index in [1.54, 1.807) is 14.2 Å². The van der Waals surface area contributed by atoms with E-state index in [0.717, 1.165) is 39.0 Å². The van der Waals surface area contributed by atoms with E-state index in [-0.39, 0.29) is 6.04 Å². The zero-order valence-corrected chi connectivity index (χ0v) is 19.4. The van der Waals surface area contributed by atoms with E-state index in [1.165, 1.54) is 0 Å². The van der Waals surface area contributed by atoms with Crippen LogP contribution in [0.4, 0.5) is 0 Å². The summed E-state index contributed by atoms with van der Waals surface area (Å²) in [6, 6.07) is 19.8. The standard InChI is InChI=1S/C24H20BrClN2O3/c1-29-22-9-5-15(11-23(22)30-2)24-28-20(18-12-17(26)8-10-21(18)31-24)13-19(27-28)14-3-6-16(25)7-4-14/h3-12,20,24H,13H2,1-2H3/t20-,24+/m0/s1. The summed E-state index contributed by atoms with van der Waals surface area (Å²) in [6.45, 7) is 0. The zero-order chi connectivity index (χ0) is 21.5. The minimum absolute atomic E-state index is 0.0270. The van der Waals surface area contributed by atoms with Gasteiger partial charge in [0, 0.05) is 27.0 Å². The molecule has 5 nitrogen and oxygen atoms in total. The summed E-state index contributed by atoms with van der Waals surface area (Å²) in [5.74, 6) is 2.14. The number of halogens is 2. The third-order valence-electron chi connectivity index (χ3n) is 5.62. The van der Waals surface area contributed by atoms with E-state index in [0.29, 0.717) is 16.5 Å². The van der Waals surface area contributed by atoms with Gasteiger partial charge in [0.1, 0.15) is 5.75 Å². The van der Waals surface area contributed by atoms with Crippen LogP contribution in [-0.4, -0.2) is 24.9 Å². The van der Waals surface area contributed by atoms with Crippen LogP contribution in [0.1, 0.15) is 35.4 Å². The van der Waals surface area contributed by atoms with Gasteiger partial charge in [-0.1, -0.05) is 39.7 Å². The molecule has 0 amide bonds. The van der Waals surface area contributed by atoms with E-state index in [9.17, 15) is 0 Å². The second kappa shape index (κ2) is 8.09. The van der Waals surface area contributed by atoms with Crippen LogP contribution in [0, 0.1) is 0 Å². The van der Waals surface area contributed by atoms with Crippen LogP contribution in [0.2, 0.25) is 5.02 Å². The molecule has 2 aliphatic heterocycles. The number of hydrogen-bond acceptors (Lipinski definition) is 5. The van der Waals surface area contributed by atoms with Gasteiger partial charge in [0.25, 0.3) is 0 Å². The first-order valence-electron chi connectivity index (χ1n) is 9.87. The van der Waals surface area contributed by atoms with Crippen molar-refractivity contribution in [1.29, 1.82) is 0 Å². The first-order chi connectivity index (χ1) is 15.1. The van der Waals surface area contributed by atoms with Crippen molar-refractivity contribution in [2.24, 2.45) is 5.10 Å². The summed E-state index contributed by atoms with van der Waals surface area (Å²) in [4.78, 5) is 0. The van der Waals surface area contributed by atoms with Gasteiger partial charge in [-0.2, -0.15) is 5.10 Å². The average molecular weight is 500 g/mol. The number of hydrazone groups is 1. The van der Waals surface area contributed by atoms with Gasteiger partial charge in [0.2, 0.25) is 6.23 Å². The molecule has 0 fully saturated rings. The SMILES string of the molecule is COc1ccc([C@H]2Oc3ccc(Cl)cc3[C@@H]3CC(c4ccc(Br)cc4)=NN23)cc1OC. The second-order valence-electron chi connectivity index (χ2n) is 7.42. The lowest BCUT2D eigenvalue weighted by Gasteiger charge is -2.38. The fourth-order valence-electron chi connectivity index (χ4n) is 4.10. The minimum atomic E-state index is -0.397. The Morgan fingerprint density at radius 2 is 1.77 bits per heavy atom. The van der Waals surface area contributed by atoms with Gasteiger partial charge in [0.05, 0.1) is 26.0 Å². The van der Waals surface area contributed by atoms with Crippen molar-refractivity contribution in [3.05, 3.63) is 86.8 Å². The van der Waals surface area contributed by atoms with Crippen molar-refractivity contribution in [2.75, 3.05) is 14.2 Å². The number of rotatable bonds is 4. The molecule has 7 heteroatoms. The van der Waals surface area contributed by atoms with Crippen LogP contribution < -0.4 is 14.2 Å². The normalized spacial score (nSPS) is 19.2. The molecular formula is C24H20BrClN2O3. The zero-order valence-electron chi connectivity index (χ0n) is 17.0. The maximum absolute atomic E-state index is 6.42. The highest BCUT2D eigenvalue weighted by atomic mass is 79.9. The van der Waals surface area contributed by atoms with Crippen LogP contribution >= 0.6 is 27.5 Å². The smallest absolute Gasteiger partial charge is 0.214 e. The number of ether oxygens (including phenoxy) is 3. The Morgan fingerprint density at radius 1 is 1.00 bits per heavy atom. The number of fused-ring (bicyclic) bond motifs is 3. The molecule has 2 aliphatic rings. The molecule has 0 bridgehead atoms. The van der Waals surface area contributed by atoms with Crippen molar-refractivity contribution < 1.29 is 14.2 Å². The molecule has 0 radical (unpaired) electrons. The summed E-state index contributed by atoms with van der Waals surface area (Å²) in [5.41, 5.74) is 4.08. The maximum atomic E-state index is 6.42. The second-order valence-corrected chi connectivity index (χ2v) is 8.77. The summed E-state index contributed by atoms with van der Waals surface area (Å²) in [7, 11) is 3.25. The van der Waals surface area contributed by atoms with E-state index >= 15 is 0 Å². The van der Waals surface area contributed by atoms with Crippen LogP contribution in [0.5, 0.6) is 17.2 Å². The molecule has 0 N–H and O–H groups in total. The Morgan fingerprint density at radius 3 is 2.52 bits per heavy atom. The quantitative estimate of drug-likeness (QED) is 0.419. The van der Waals surface area contributed by atoms with Gasteiger partial charge in [-0.3, -0.25) is 0 Å². The van der Waals surface area contributed by atoms with Crippen LogP contribution in [-0.2, 0) is 0 Å². The van der Waals surface area contributed by atoms with Crippen molar-refractivity contribution >= 4 is 33.2 Å². The number of nitrogens with zero attached hydrogens (tertiary/aromatic N) is 2. The third-order valence-corrected chi connectivity index (χ3v) is 6.39. The predicted octanol–water partition coefficient (Wildman–Crippen LogP) is 6.36. The summed E-state index contributed by atoms with van der Waals surface area (Å²) >= 11 is 9.82. The fraction of sp³-hybridized carbons (Fsp3) is 0.208. The average Bonchev–Trinajstić information content (AvgIpc) is 3.24. The van der Waals surface area contributed by atoms with Gasteiger partial charge in [0.15, 0.2) is 11.5 Å². The summed E-state index contributed by atoms with van der Waals surface area (Å²) in [5, 5.41) is 7.70. The highest BCUT2D eigenvalue weighted by Gasteiger charge is 2.41. The third kappa shape index (κ3) is 3.64. The predicted molar refractivity (Wildman–Crippen MR) is 124 cm³/mol. The summed E-state index contributed by atoms with van der Waals surface area (Å²) in [6.07, 6.45) is 0.369. The highest BCUT2D eigenvalue weighted by molar-refractivity contribution is 9.10. The van der Waals surface area contributed by atoms with Crippen LogP contribution in [0.3, 0.4) is 0 Å². The Kier molecular flexibility index (Phi) is 5.28. The Labute approximate surface area is 194 Å². The molecule has 3 aromatic carbocycles. The molecule has 0 spiro atoms. The van der Waals surface area contributed by atoms with Crippen LogP contribution in [0.25, 0.3) is 0 Å². The van der Waals surface area contributed by atoms with Crippen molar-refractivity contribution in [3.8, 4) is 17.2 Å². The van der Waals surface area contributed by atoms with Gasteiger partial charge in [-0.25, -0.2) is 5.01 Å². The molecule has 0 aromatic heterocycles. The molecule has 2 heterocycles. The first-order valence-corrected chi connectivity index (χ1v) is 11.0. The molecule has 0 aliphatic carbocycles. The van der Waals surface area contributed by atoms with Crippen molar-refractivity contribution in [3.63, 3.8) is 0 Å². The number of benzene rings is 3. The lowest BCUT2D eigenvalue weighted by molar-refractivity contribution is -0.0191. The molecule has 0 saturated carbocycles. The van der Waals surface area contributed by atoms with Gasteiger partial charge >= 0.3 is 0 Å². The van der Waals surface area contributed by atoms with Gasteiger partial charge in [-0.15, -0.1) is 0 Å². The Bertz CT molecular complexity index is 1170. The van der Waals surface area contributed by atoms with Gasteiger partial charge in [-0.05, 0) is 54.1 Å². The lowest BCUT2D eigenvalue weighted by atomic mass is 9.96. The molecule has 5 rings (SSSR count).